The Kier molecular flexibility index (Phi) is 5.12. The molecular weight excluding hydrogens is 294 g/mol. The predicted molar refractivity (Wildman–Crippen MR) is 87.5 cm³/mol. The third kappa shape index (κ3) is 4.33. The van der Waals surface area contributed by atoms with Crippen LogP contribution >= 0.6 is 0 Å². The molecule has 23 heavy (non-hydrogen) atoms. The molecule has 1 saturated heterocycles. The molecule has 0 bridgehead atoms. The summed E-state index contributed by atoms with van der Waals surface area (Å²) in [7, 11) is 0. The number of hydrogen-bond acceptors (Lipinski definition) is 3. The Morgan fingerprint density at radius 1 is 1.30 bits per heavy atom. The molecule has 0 radical (unpaired) electrons. The summed E-state index contributed by atoms with van der Waals surface area (Å²) in [4.78, 5) is 25.3. The summed E-state index contributed by atoms with van der Waals surface area (Å²) in [5.74, 6) is -0.717. The molecule has 1 fully saturated rings. The number of carboxylic acids is 1. The molecule has 1 amide bonds. The topological polar surface area (TPSA) is 75.4 Å². The van der Waals surface area contributed by atoms with Crippen molar-refractivity contribution in [1.82, 2.24) is 14.7 Å². The summed E-state index contributed by atoms with van der Waals surface area (Å²) in [5, 5.41) is 13.3. The molecule has 0 spiro atoms. The van der Waals surface area contributed by atoms with Crippen molar-refractivity contribution in [3.05, 3.63) is 17.5 Å². The summed E-state index contributed by atoms with van der Waals surface area (Å²) in [5.41, 5.74) is 1.12. The van der Waals surface area contributed by atoms with Crippen molar-refractivity contribution in [2.24, 2.45) is 5.41 Å². The number of aromatic nitrogens is 2. The van der Waals surface area contributed by atoms with Crippen LogP contribution < -0.4 is 0 Å². The summed E-state index contributed by atoms with van der Waals surface area (Å²) < 4.78 is 1.81. The van der Waals surface area contributed by atoms with E-state index in [-0.39, 0.29) is 22.9 Å². The number of aromatic carboxylic acids is 1. The van der Waals surface area contributed by atoms with Crippen molar-refractivity contribution in [2.45, 2.75) is 59.4 Å². The maximum atomic E-state index is 12.3. The third-order valence-electron chi connectivity index (χ3n) is 4.53. The summed E-state index contributed by atoms with van der Waals surface area (Å²) in [6.07, 6.45) is 4.55. The minimum atomic E-state index is -0.941. The predicted octanol–water partition coefficient (Wildman–Crippen LogP) is 2.88. The molecule has 2 rings (SSSR count). The number of amides is 1. The molecule has 0 aliphatic carbocycles. The number of rotatable bonds is 4. The first-order valence-corrected chi connectivity index (χ1v) is 8.24. The molecular formula is C17H27N3O3. The van der Waals surface area contributed by atoms with Gasteiger partial charge in [0.2, 0.25) is 5.91 Å². The van der Waals surface area contributed by atoms with E-state index in [1.807, 2.05) is 4.90 Å². The first-order chi connectivity index (χ1) is 10.7. The van der Waals surface area contributed by atoms with Crippen LogP contribution in [0.4, 0.5) is 0 Å². The molecule has 2 heterocycles. The Morgan fingerprint density at radius 3 is 2.39 bits per heavy atom. The van der Waals surface area contributed by atoms with E-state index in [0.29, 0.717) is 12.1 Å². The molecule has 1 aromatic rings. The summed E-state index contributed by atoms with van der Waals surface area (Å²) in [6, 6.07) is 0.176. The Balaban J connectivity index is 1.91. The lowest BCUT2D eigenvalue weighted by molar-refractivity contribution is -0.133. The van der Waals surface area contributed by atoms with Gasteiger partial charge < -0.3 is 10.0 Å². The van der Waals surface area contributed by atoms with E-state index in [0.717, 1.165) is 32.4 Å². The maximum absolute atomic E-state index is 12.3. The highest BCUT2D eigenvalue weighted by Crippen LogP contribution is 2.26. The van der Waals surface area contributed by atoms with Crippen molar-refractivity contribution in [2.75, 3.05) is 13.1 Å². The lowest BCUT2D eigenvalue weighted by atomic mass is 9.90. The molecule has 0 unspecified atom stereocenters. The van der Waals surface area contributed by atoms with Gasteiger partial charge in [-0.1, -0.05) is 20.8 Å². The minimum absolute atomic E-state index is 0.174. The molecule has 1 aliphatic rings. The smallest absolute Gasteiger partial charge is 0.339 e. The monoisotopic (exact) mass is 321 g/mol. The van der Waals surface area contributed by atoms with Crippen LogP contribution in [0.15, 0.2) is 6.20 Å². The zero-order valence-corrected chi connectivity index (χ0v) is 14.5. The Hall–Kier alpha value is -1.85. The van der Waals surface area contributed by atoms with Crippen molar-refractivity contribution < 1.29 is 14.7 Å². The van der Waals surface area contributed by atoms with Crippen LogP contribution in [0.5, 0.6) is 0 Å². The first-order valence-electron chi connectivity index (χ1n) is 8.24. The van der Waals surface area contributed by atoms with E-state index in [4.69, 9.17) is 5.11 Å². The largest absolute Gasteiger partial charge is 0.478 e. The molecule has 6 heteroatoms. The van der Waals surface area contributed by atoms with Crippen LogP contribution in [0.1, 0.15) is 68.5 Å². The summed E-state index contributed by atoms with van der Waals surface area (Å²) in [6.45, 7) is 9.66. The number of carbonyl (C=O) groups excluding carboxylic acids is 1. The van der Waals surface area contributed by atoms with Gasteiger partial charge in [-0.05, 0) is 31.6 Å². The average Bonchev–Trinajstić information content (AvgIpc) is 2.86. The molecule has 0 atom stereocenters. The van der Waals surface area contributed by atoms with Gasteiger partial charge in [0.25, 0.3) is 0 Å². The SMILES string of the molecule is Cc1c(C(=O)O)cnn1C1CCN(C(=O)CCC(C)(C)C)CC1. The molecule has 1 aromatic heterocycles. The molecule has 6 nitrogen and oxygen atoms in total. The number of nitrogens with zero attached hydrogens (tertiary/aromatic N) is 3. The van der Waals surface area contributed by atoms with E-state index >= 15 is 0 Å². The van der Waals surface area contributed by atoms with E-state index in [1.165, 1.54) is 6.20 Å². The fourth-order valence-electron chi connectivity index (χ4n) is 3.00. The van der Waals surface area contributed by atoms with Gasteiger partial charge >= 0.3 is 5.97 Å². The minimum Gasteiger partial charge on any atom is -0.478 e. The van der Waals surface area contributed by atoms with Gasteiger partial charge in [0.05, 0.1) is 17.9 Å². The molecule has 0 aromatic carbocycles. The lowest BCUT2D eigenvalue weighted by Crippen LogP contribution is -2.39. The highest BCUT2D eigenvalue weighted by atomic mass is 16.4. The van der Waals surface area contributed by atoms with E-state index < -0.39 is 5.97 Å². The van der Waals surface area contributed by atoms with Gasteiger partial charge in [-0.2, -0.15) is 5.10 Å². The molecule has 1 N–H and O–H groups in total. The van der Waals surface area contributed by atoms with Crippen molar-refractivity contribution in [3.8, 4) is 0 Å². The summed E-state index contributed by atoms with van der Waals surface area (Å²) >= 11 is 0. The van der Waals surface area contributed by atoms with Gasteiger partial charge in [0.15, 0.2) is 0 Å². The van der Waals surface area contributed by atoms with Crippen molar-refractivity contribution >= 4 is 11.9 Å². The Bertz CT molecular complexity index is 578. The molecule has 128 valence electrons. The number of piperidine rings is 1. The standard InChI is InChI=1S/C17H27N3O3/c1-12-14(16(22)23)11-18-20(12)13-6-9-19(10-7-13)15(21)5-8-17(2,3)4/h11,13H,5-10H2,1-4H3,(H,22,23). The average molecular weight is 321 g/mol. The Labute approximate surface area is 137 Å². The van der Waals surface area contributed by atoms with Crippen LogP contribution in [-0.2, 0) is 4.79 Å². The third-order valence-corrected chi connectivity index (χ3v) is 4.53. The molecule has 0 saturated carbocycles. The number of hydrogen-bond donors (Lipinski definition) is 1. The number of likely N-dealkylation sites (tertiary alicyclic amines) is 1. The zero-order chi connectivity index (χ0) is 17.2. The van der Waals surface area contributed by atoms with Crippen LogP contribution in [0.25, 0.3) is 0 Å². The van der Waals surface area contributed by atoms with E-state index in [2.05, 4.69) is 25.9 Å². The van der Waals surface area contributed by atoms with E-state index in [9.17, 15) is 9.59 Å². The van der Waals surface area contributed by atoms with Gasteiger partial charge in [-0.15, -0.1) is 0 Å². The normalized spacial score (nSPS) is 16.6. The van der Waals surface area contributed by atoms with Crippen molar-refractivity contribution in [1.29, 1.82) is 0 Å². The highest BCUT2D eigenvalue weighted by molar-refractivity contribution is 5.88. The van der Waals surface area contributed by atoms with Crippen LogP contribution in [0.2, 0.25) is 0 Å². The van der Waals surface area contributed by atoms with Crippen LogP contribution in [-0.4, -0.2) is 44.8 Å². The van der Waals surface area contributed by atoms with Crippen molar-refractivity contribution in [3.63, 3.8) is 0 Å². The maximum Gasteiger partial charge on any atom is 0.339 e. The highest BCUT2D eigenvalue weighted by Gasteiger charge is 2.27. The van der Waals surface area contributed by atoms with Crippen LogP contribution in [0, 0.1) is 12.3 Å². The first kappa shape index (κ1) is 17.5. The number of carbonyl (C=O) groups is 2. The van der Waals surface area contributed by atoms with E-state index in [1.54, 1.807) is 11.6 Å². The fourth-order valence-corrected chi connectivity index (χ4v) is 3.00. The second kappa shape index (κ2) is 6.72. The van der Waals surface area contributed by atoms with Gasteiger partial charge in [-0.25, -0.2) is 4.79 Å². The fraction of sp³-hybridized carbons (Fsp3) is 0.706. The van der Waals surface area contributed by atoms with Gasteiger partial charge in [-0.3, -0.25) is 9.48 Å². The Morgan fingerprint density at radius 2 is 1.91 bits per heavy atom. The van der Waals surface area contributed by atoms with Gasteiger partial charge in [0, 0.05) is 19.5 Å². The second-order valence-electron chi connectivity index (χ2n) is 7.57. The zero-order valence-electron chi connectivity index (χ0n) is 14.5. The number of carboxylic acid groups (broad SMARTS) is 1. The molecule has 1 aliphatic heterocycles. The lowest BCUT2D eigenvalue weighted by Gasteiger charge is -2.33. The second-order valence-corrected chi connectivity index (χ2v) is 7.57. The van der Waals surface area contributed by atoms with Crippen LogP contribution in [0.3, 0.4) is 0 Å². The van der Waals surface area contributed by atoms with Gasteiger partial charge in [0.1, 0.15) is 5.56 Å². The quantitative estimate of drug-likeness (QED) is 0.925.